The average Bonchev–Trinajstić information content (AvgIpc) is 2.93. The SMILES string of the molecule is CCN(Cc1cccs1)c1c(C(=O)O)c(C)nn1C. The number of anilines is 1. The predicted molar refractivity (Wildman–Crippen MR) is 75.9 cm³/mol. The standard InChI is InChI=1S/C13H17N3O2S/c1-4-16(8-10-6-5-7-19-10)12-11(13(17)18)9(2)14-15(12)3/h5-7H,4,8H2,1-3H3,(H,17,18). The molecule has 0 bridgehead atoms. The van der Waals surface area contributed by atoms with Gasteiger partial charge in [-0.25, -0.2) is 4.79 Å². The summed E-state index contributed by atoms with van der Waals surface area (Å²) in [4.78, 5) is 14.6. The predicted octanol–water partition coefficient (Wildman–Crippen LogP) is 2.51. The van der Waals surface area contributed by atoms with Crippen molar-refractivity contribution in [1.82, 2.24) is 9.78 Å². The quantitative estimate of drug-likeness (QED) is 0.913. The Balaban J connectivity index is 2.40. The van der Waals surface area contributed by atoms with Crippen molar-refractivity contribution in [1.29, 1.82) is 0 Å². The summed E-state index contributed by atoms with van der Waals surface area (Å²) in [6.45, 7) is 5.18. The highest BCUT2D eigenvalue weighted by Gasteiger charge is 2.23. The van der Waals surface area contributed by atoms with Gasteiger partial charge < -0.3 is 10.0 Å². The van der Waals surface area contributed by atoms with E-state index in [-0.39, 0.29) is 0 Å². The first-order valence-corrected chi connectivity index (χ1v) is 6.96. The number of aryl methyl sites for hydroxylation is 2. The van der Waals surface area contributed by atoms with Crippen LogP contribution in [0.1, 0.15) is 27.9 Å². The molecule has 19 heavy (non-hydrogen) atoms. The van der Waals surface area contributed by atoms with Crippen molar-refractivity contribution < 1.29 is 9.90 Å². The second kappa shape index (κ2) is 5.44. The summed E-state index contributed by atoms with van der Waals surface area (Å²) in [5.41, 5.74) is 0.843. The van der Waals surface area contributed by atoms with Gasteiger partial charge in [-0.2, -0.15) is 5.10 Å². The van der Waals surface area contributed by atoms with Crippen molar-refractivity contribution in [2.75, 3.05) is 11.4 Å². The number of hydrogen-bond donors (Lipinski definition) is 1. The largest absolute Gasteiger partial charge is 0.477 e. The van der Waals surface area contributed by atoms with Crippen LogP contribution in [0.3, 0.4) is 0 Å². The first kappa shape index (κ1) is 13.6. The van der Waals surface area contributed by atoms with Gasteiger partial charge in [0.15, 0.2) is 0 Å². The van der Waals surface area contributed by atoms with Crippen LogP contribution in [0, 0.1) is 6.92 Å². The lowest BCUT2D eigenvalue weighted by Crippen LogP contribution is -2.25. The molecule has 2 heterocycles. The fourth-order valence-corrected chi connectivity index (χ4v) is 2.91. The molecule has 0 saturated carbocycles. The van der Waals surface area contributed by atoms with Gasteiger partial charge in [-0.1, -0.05) is 6.07 Å². The summed E-state index contributed by atoms with van der Waals surface area (Å²) >= 11 is 1.67. The molecule has 0 atom stereocenters. The Hall–Kier alpha value is -1.82. The zero-order valence-electron chi connectivity index (χ0n) is 11.3. The fraction of sp³-hybridized carbons (Fsp3) is 0.385. The van der Waals surface area contributed by atoms with Crippen molar-refractivity contribution in [2.24, 2.45) is 7.05 Å². The summed E-state index contributed by atoms with van der Waals surface area (Å²) in [5, 5.41) is 15.6. The van der Waals surface area contributed by atoms with Gasteiger partial charge in [0.2, 0.25) is 0 Å². The number of nitrogens with zero attached hydrogens (tertiary/aromatic N) is 3. The summed E-state index contributed by atoms with van der Waals surface area (Å²) in [6.07, 6.45) is 0. The third-order valence-electron chi connectivity index (χ3n) is 3.01. The molecule has 2 aromatic rings. The Morgan fingerprint density at radius 2 is 2.32 bits per heavy atom. The monoisotopic (exact) mass is 279 g/mol. The molecule has 0 aliphatic rings. The zero-order chi connectivity index (χ0) is 14.0. The second-order valence-corrected chi connectivity index (χ2v) is 5.34. The third-order valence-corrected chi connectivity index (χ3v) is 3.88. The van der Waals surface area contributed by atoms with Crippen LogP contribution in [0.25, 0.3) is 0 Å². The van der Waals surface area contributed by atoms with E-state index < -0.39 is 5.97 Å². The first-order valence-electron chi connectivity index (χ1n) is 6.08. The van der Waals surface area contributed by atoms with Crippen LogP contribution in [-0.2, 0) is 13.6 Å². The van der Waals surface area contributed by atoms with Gasteiger partial charge in [-0.15, -0.1) is 11.3 Å². The first-order chi connectivity index (χ1) is 9.04. The lowest BCUT2D eigenvalue weighted by Gasteiger charge is -2.23. The minimum absolute atomic E-state index is 0.293. The molecule has 0 aromatic carbocycles. The maximum atomic E-state index is 11.4. The fourth-order valence-electron chi connectivity index (χ4n) is 2.19. The molecule has 0 radical (unpaired) electrons. The van der Waals surface area contributed by atoms with E-state index in [9.17, 15) is 9.90 Å². The highest BCUT2D eigenvalue weighted by molar-refractivity contribution is 7.09. The molecule has 0 amide bonds. The Labute approximate surface area is 116 Å². The van der Waals surface area contributed by atoms with Gasteiger partial charge in [-0.05, 0) is 25.3 Å². The smallest absolute Gasteiger partial charge is 0.341 e. The molecule has 0 unspecified atom stereocenters. The summed E-state index contributed by atoms with van der Waals surface area (Å²) in [6, 6.07) is 4.05. The number of carbonyl (C=O) groups is 1. The second-order valence-electron chi connectivity index (χ2n) is 4.31. The topological polar surface area (TPSA) is 58.4 Å². The van der Waals surface area contributed by atoms with E-state index in [1.165, 1.54) is 4.88 Å². The van der Waals surface area contributed by atoms with E-state index in [1.54, 1.807) is 30.0 Å². The average molecular weight is 279 g/mol. The number of carboxylic acids is 1. The van der Waals surface area contributed by atoms with Crippen LogP contribution in [0.5, 0.6) is 0 Å². The summed E-state index contributed by atoms with van der Waals surface area (Å²) < 4.78 is 1.65. The Morgan fingerprint density at radius 1 is 1.58 bits per heavy atom. The van der Waals surface area contributed by atoms with Crippen molar-refractivity contribution in [3.8, 4) is 0 Å². The van der Waals surface area contributed by atoms with Crippen molar-refractivity contribution in [3.05, 3.63) is 33.6 Å². The number of hydrogen-bond acceptors (Lipinski definition) is 4. The van der Waals surface area contributed by atoms with Crippen LogP contribution in [0.2, 0.25) is 0 Å². The number of aromatic nitrogens is 2. The van der Waals surface area contributed by atoms with Gasteiger partial charge in [0.1, 0.15) is 11.4 Å². The van der Waals surface area contributed by atoms with Crippen LogP contribution in [-0.4, -0.2) is 27.4 Å². The third kappa shape index (κ3) is 2.63. The van der Waals surface area contributed by atoms with Crippen LogP contribution in [0.15, 0.2) is 17.5 Å². The molecule has 1 N–H and O–H groups in total. The van der Waals surface area contributed by atoms with E-state index in [1.807, 2.05) is 23.3 Å². The molecule has 2 rings (SSSR count). The molecule has 0 aliphatic heterocycles. The van der Waals surface area contributed by atoms with Gasteiger partial charge >= 0.3 is 5.97 Å². The maximum absolute atomic E-state index is 11.4. The molecule has 0 spiro atoms. The molecule has 0 aliphatic carbocycles. The lowest BCUT2D eigenvalue weighted by molar-refractivity contribution is 0.0696. The highest BCUT2D eigenvalue weighted by atomic mass is 32.1. The number of aromatic carboxylic acids is 1. The van der Waals surface area contributed by atoms with Crippen molar-refractivity contribution in [3.63, 3.8) is 0 Å². The van der Waals surface area contributed by atoms with E-state index in [2.05, 4.69) is 11.2 Å². The summed E-state index contributed by atoms with van der Waals surface area (Å²) in [5.74, 6) is -0.258. The van der Waals surface area contributed by atoms with Crippen LogP contribution in [0.4, 0.5) is 5.82 Å². The number of thiophene rings is 1. The highest BCUT2D eigenvalue weighted by Crippen LogP contribution is 2.25. The maximum Gasteiger partial charge on any atom is 0.341 e. The molecule has 5 nitrogen and oxygen atoms in total. The Morgan fingerprint density at radius 3 is 2.84 bits per heavy atom. The molecule has 102 valence electrons. The Bertz CT molecular complexity index is 575. The van der Waals surface area contributed by atoms with Gasteiger partial charge in [-0.3, -0.25) is 4.68 Å². The van der Waals surface area contributed by atoms with E-state index in [0.717, 1.165) is 6.54 Å². The summed E-state index contributed by atoms with van der Waals surface area (Å²) in [7, 11) is 1.78. The lowest BCUT2D eigenvalue weighted by atomic mass is 10.2. The molecular weight excluding hydrogens is 262 g/mol. The minimum Gasteiger partial charge on any atom is -0.477 e. The van der Waals surface area contributed by atoms with Gasteiger partial charge in [0.05, 0.1) is 12.2 Å². The molecule has 0 saturated heterocycles. The van der Waals surface area contributed by atoms with E-state index in [0.29, 0.717) is 23.6 Å². The molecular formula is C13H17N3O2S. The number of rotatable bonds is 5. The van der Waals surface area contributed by atoms with Crippen LogP contribution < -0.4 is 4.90 Å². The Kier molecular flexibility index (Phi) is 3.90. The molecule has 6 heteroatoms. The van der Waals surface area contributed by atoms with Crippen molar-refractivity contribution >= 4 is 23.1 Å². The van der Waals surface area contributed by atoms with Gasteiger partial charge in [0.25, 0.3) is 0 Å². The molecule has 0 fully saturated rings. The zero-order valence-corrected chi connectivity index (χ0v) is 12.1. The minimum atomic E-state index is -0.926. The van der Waals surface area contributed by atoms with E-state index in [4.69, 9.17) is 0 Å². The van der Waals surface area contributed by atoms with Gasteiger partial charge in [0, 0.05) is 18.5 Å². The normalized spacial score (nSPS) is 10.7. The van der Waals surface area contributed by atoms with Crippen molar-refractivity contribution in [2.45, 2.75) is 20.4 Å². The van der Waals surface area contributed by atoms with Crippen LogP contribution >= 0.6 is 11.3 Å². The number of carboxylic acid groups (broad SMARTS) is 1. The van der Waals surface area contributed by atoms with E-state index >= 15 is 0 Å². The molecule has 2 aromatic heterocycles.